The molecule has 3 aromatic rings. The molecule has 0 aliphatic carbocycles. The lowest BCUT2D eigenvalue weighted by atomic mass is 10.1. The van der Waals surface area contributed by atoms with E-state index in [9.17, 15) is 0 Å². The number of hydrogen-bond acceptors (Lipinski definition) is 2. The Kier molecular flexibility index (Phi) is 3.22. The van der Waals surface area contributed by atoms with Gasteiger partial charge in [0.1, 0.15) is 0 Å². The first-order chi connectivity index (χ1) is 9.61. The molecular formula is C16H16ClN3. The summed E-state index contributed by atoms with van der Waals surface area (Å²) < 4.78 is 1.92. The third kappa shape index (κ3) is 1.98. The third-order valence-electron chi connectivity index (χ3n) is 3.76. The van der Waals surface area contributed by atoms with Gasteiger partial charge in [-0.15, -0.1) is 11.6 Å². The number of halogens is 1. The zero-order valence-electron chi connectivity index (χ0n) is 11.8. The molecule has 0 fully saturated rings. The minimum atomic E-state index is 0.399. The number of pyridine rings is 1. The molecule has 2 heterocycles. The van der Waals surface area contributed by atoms with Crippen molar-refractivity contribution in [3.05, 3.63) is 53.0 Å². The van der Waals surface area contributed by atoms with E-state index in [1.807, 2.05) is 29.8 Å². The Morgan fingerprint density at radius 1 is 1.15 bits per heavy atom. The van der Waals surface area contributed by atoms with Gasteiger partial charge in [0.2, 0.25) is 0 Å². The highest BCUT2D eigenvalue weighted by Crippen LogP contribution is 2.24. The number of alkyl halides is 1. The normalized spacial score (nSPS) is 11.2. The lowest BCUT2D eigenvalue weighted by Gasteiger charge is -2.10. The predicted molar refractivity (Wildman–Crippen MR) is 82.6 cm³/mol. The van der Waals surface area contributed by atoms with Gasteiger partial charge in [-0.1, -0.05) is 24.3 Å². The Labute approximate surface area is 123 Å². The van der Waals surface area contributed by atoms with Gasteiger partial charge >= 0.3 is 0 Å². The van der Waals surface area contributed by atoms with Crippen LogP contribution in [0.25, 0.3) is 16.6 Å². The number of hydrogen-bond donors (Lipinski definition) is 0. The highest BCUT2D eigenvalue weighted by molar-refractivity contribution is 6.17. The van der Waals surface area contributed by atoms with E-state index in [2.05, 4.69) is 36.1 Å². The smallest absolute Gasteiger partial charge is 0.161 e. The second-order valence-electron chi connectivity index (χ2n) is 5.00. The Morgan fingerprint density at radius 2 is 1.90 bits per heavy atom. The Hall–Kier alpha value is -1.87. The molecule has 1 aromatic carbocycles. The molecule has 0 spiro atoms. The third-order valence-corrected chi connectivity index (χ3v) is 4.04. The van der Waals surface area contributed by atoms with Crippen molar-refractivity contribution in [2.45, 2.75) is 26.7 Å². The average molecular weight is 286 g/mol. The molecule has 102 valence electrons. The zero-order chi connectivity index (χ0) is 14.3. The number of rotatable bonds is 2. The van der Waals surface area contributed by atoms with Crippen LogP contribution < -0.4 is 0 Å². The van der Waals surface area contributed by atoms with Crippen molar-refractivity contribution in [1.82, 2.24) is 14.8 Å². The van der Waals surface area contributed by atoms with Gasteiger partial charge in [-0.2, -0.15) is 5.10 Å². The average Bonchev–Trinajstić information content (AvgIpc) is 2.73. The molecule has 3 rings (SSSR count). The molecule has 0 radical (unpaired) electrons. The fourth-order valence-electron chi connectivity index (χ4n) is 2.39. The van der Waals surface area contributed by atoms with Gasteiger partial charge < -0.3 is 0 Å². The van der Waals surface area contributed by atoms with Gasteiger partial charge in [-0.25, -0.2) is 9.67 Å². The number of nitrogens with zero attached hydrogens (tertiary/aromatic N) is 3. The fourth-order valence-corrected chi connectivity index (χ4v) is 2.53. The van der Waals surface area contributed by atoms with Crippen LogP contribution in [-0.4, -0.2) is 14.8 Å². The molecule has 0 atom stereocenters. The van der Waals surface area contributed by atoms with Crippen LogP contribution in [-0.2, 0) is 5.88 Å². The summed E-state index contributed by atoms with van der Waals surface area (Å²) in [7, 11) is 0. The van der Waals surface area contributed by atoms with E-state index in [-0.39, 0.29) is 0 Å². The Morgan fingerprint density at radius 3 is 2.55 bits per heavy atom. The molecule has 0 saturated carbocycles. The number of benzene rings is 1. The second-order valence-corrected chi connectivity index (χ2v) is 5.27. The minimum Gasteiger partial charge on any atom is -0.232 e. The lowest BCUT2D eigenvalue weighted by Crippen LogP contribution is -2.05. The van der Waals surface area contributed by atoms with E-state index in [1.165, 1.54) is 5.56 Å². The number of fused-ring (bicyclic) bond motifs is 1. The maximum atomic E-state index is 5.97. The van der Waals surface area contributed by atoms with E-state index in [0.29, 0.717) is 5.88 Å². The van der Waals surface area contributed by atoms with Crippen LogP contribution in [0.4, 0.5) is 0 Å². The van der Waals surface area contributed by atoms with Gasteiger partial charge in [0.15, 0.2) is 5.82 Å². The zero-order valence-corrected chi connectivity index (χ0v) is 12.6. The van der Waals surface area contributed by atoms with Gasteiger partial charge in [-0.3, -0.25) is 0 Å². The van der Waals surface area contributed by atoms with E-state index in [4.69, 9.17) is 11.6 Å². The maximum absolute atomic E-state index is 5.97. The summed E-state index contributed by atoms with van der Waals surface area (Å²) in [6, 6.07) is 10.2. The minimum absolute atomic E-state index is 0.399. The highest BCUT2D eigenvalue weighted by Gasteiger charge is 2.13. The van der Waals surface area contributed by atoms with Crippen molar-refractivity contribution < 1.29 is 0 Å². The van der Waals surface area contributed by atoms with Gasteiger partial charge in [-0.05, 0) is 37.8 Å². The van der Waals surface area contributed by atoms with Crippen molar-refractivity contribution in [2.24, 2.45) is 0 Å². The summed E-state index contributed by atoms with van der Waals surface area (Å²) in [5.41, 5.74) is 4.22. The molecule has 0 N–H and O–H groups in total. The van der Waals surface area contributed by atoms with Crippen LogP contribution in [0.15, 0.2) is 30.3 Å². The maximum Gasteiger partial charge on any atom is 0.161 e. The first-order valence-electron chi connectivity index (χ1n) is 6.59. The summed E-state index contributed by atoms with van der Waals surface area (Å²) in [6.07, 6.45) is 0. The first-order valence-corrected chi connectivity index (χ1v) is 7.13. The summed E-state index contributed by atoms with van der Waals surface area (Å²) in [6.45, 7) is 6.17. The summed E-state index contributed by atoms with van der Waals surface area (Å²) in [5.74, 6) is 1.25. The van der Waals surface area contributed by atoms with Crippen molar-refractivity contribution in [3.63, 3.8) is 0 Å². The molecule has 0 bridgehead atoms. The molecule has 20 heavy (non-hydrogen) atoms. The molecule has 4 heteroatoms. The summed E-state index contributed by atoms with van der Waals surface area (Å²) in [4.78, 5) is 4.67. The first kappa shape index (κ1) is 13.1. The van der Waals surface area contributed by atoms with Crippen LogP contribution in [0.1, 0.15) is 22.6 Å². The summed E-state index contributed by atoms with van der Waals surface area (Å²) in [5, 5.41) is 6.84. The number of aryl methyl sites for hydroxylation is 1. The monoisotopic (exact) mass is 285 g/mol. The lowest BCUT2D eigenvalue weighted by molar-refractivity contribution is 0.808. The van der Waals surface area contributed by atoms with E-state index < -0.39 is 0 Å². The summed E-state index contributed by atoms with van der Waals surface area (Å²) >= 11 is 5.97. The highest BCUT2D eigenvalue weighted by atomic mass is 35.5. The van der Waals surface area contributed by atoms with Crippen LogP contribution >= 0.6 is 11.6 Å². The van der Waals surface area contributed by atoms with Gasteiger partial charge in [0.05, 0.1) is 17.3 Å². The van der Waals surface area contributed by atoms with E-state index in [0.717, 1.165) is 33.7 Å². The Balaban J connectivity index is 2.37. The van der Waals surface area contributed by atoms with Crippen molar-refractivity contribution in [2.75, 3.05) is 0 Å². The van der Waals surface area contributed by atoms with Crippen LogP contribution in [0.3, 0.4) is 0 Å². The van der Waals surface area contributed by atoms with E-state index >= 15 is 0 Å². The molecule has 0 aliphatic rings. The largest absolute Gasteiger partial charge is 0.232 e. The van der Waals surface area contributed by atoms with Crippen LogP contribution in [0.5, 0.6) is 0 Å². The van der Waals surface area contributed by atoms with Crippen LogP contribution in [0, 0.1) is 20.8 Å². The quantitative estimate of drug-likeness (QED) is 0.664. The van der Waals surface area contributed by atoms with Crippen LogP contribution in [0.2, 0.25) is 0 Å². The Bertz CT molecular complexity index is 790. The SMILES string of the molecule is Cc1nn(-c2nc(CCl)cc3ccccc23)c(C)c1C. The number of aromatic nitrogens is 3. The second kappa shape index (κ2) is 4.91. The molecule has 0 unspecified atom stereocenters. The van der Waals surface area contributed by atoms with Gasteiger partial charge in [0.25, 0.3) is 0 Å². The molecule has 0 aliphatic heterocycles. The topological polar surface area (TPSA) is 30.7 Å². The molecule has 0 saturated heterocycles. The molecule has 2 aromatic heterocycles. The van der Waals surface area contributed by atoms with Crippen molar-refractivity contribution in [3.8, 4) is 5.82 Å². The fraction of sp³-hybridized carbons (Fsp3) is 0.250. The van der Waals surface area contributed by atoms with E-state index in [1.54, 1.807) is 0 Å². The standard InChI is InChI=1S/C16H16ClN3/c1-10-11(2)19-20(12(10)3)16-15-7-5-4-6-13(15)8-14(9-17)18-16/h4-8H,9H2,1-3H3. The predicted octanol–water partition coefficient (Wildman–Crippen LogP) is 4.08. The van der Waals surface area contributed by atoms with Crippen molar-refractivity contribution in [1.29, 1.82) is 0 Å². The van der Waals surface area contributed by atoms with Crippen molar-refractivity contribution >= 4 is 22.4 Å². The molecular weight excluding hydrogens is 270 g/mol. The van der Waals surface area contributed by atoms with Gasteiger partial charge in [0, 0.05) is 11.1 Å². The molecule has 3 nitrogen and oxygen atoms in total. The molecule has 0 amide bonds.